The van der Waals surface area contributed by atoms with Crippen LogP contribution in [-0.2, 0) is 4.79 Å². The fraction of sp³-hybridized carbons (Fsp3) is 0.517. The van der Waals surface area contributed by atoms with E-state index in [9.17, 15) is 14.0 Å². The molecule has 0 bridgehead atoms. The van der Waals surface area contributed by atoms with Gasteiger partial charge in [0.15, 0.2) is 11.6 Å². The van der Waals surface area contributed by atoms with Gasteiger partial charge in [0.1, 0.15) is 11.5 Å². The van der Waals surface area contributed by atoms with E-state index in [4.69, 9.17) is 14.2 Å². The van der Waals surface area contributed by atoms with Gasteiger partial charge >= 0.3 is 11.9 Å². The number of rotatable bonds is 16. The lowest BCUT2D eigenvalue weighted by Crippen LogP contribution is -2.12. The van der Waals surface area contributed by atoms with E-state index in [-0.39, 0.29) is 28.9 Å². The maximum atomic E-state index is 14.4. The van der Waals surface area contributed by atoms with E-state index in [1.807, 2.05) is 13.8 Å². The monoisotopic (exact) mass is 486 g/mol. The molecule has 2 aromatic rings. The lowest BCUT2D eigenvalue weighted by Gasteiger charge is -2.10. The Balaban J connectivity index is 1.76. The summed E-state index contributed by atoms with van der Waals surface area (Å²) in [6.45, 7) is 6.67. The minimum atomic E-state index is -0.681. The van der Waals surface area contributed by atoms with Gasteiger partial charge in [-0.05, 0) is 54.8 Å². The SMILES string of the molecule is CCCCCCCCCCOc1ccc(C(=O)Oc2ccc(OC(=O)CC(C)CC)cc2)cc1F. The van der Waals surface area contributed by atoms with Crippen LogP contribution in [-0.4, -0.2) is 18.5 Å². The Hall–Kier alpha value is -2.89. The first-order valence-electron chi connectivity index (χ1n) is 12.9. The first kappa shape index (κ1) is 28.3. The summed E-state index contributed by atoms with van der Waals surface area (Å²) in [5.74, 6) is -0.542. The smallest absolute Gasteiger partial charge is 0.343 e. The van der Waals surface area contributed by atoms with E-state index in [0.717, 1.165) is 25.3 Å². The van der Waals surface area contributed by atoms with Gasteiger partial charge in [-0.15, -0.1) is 0 Å². The molecule has 1 atom stereocenters. The molecule has 0 N–H and O–H groups in total. The van der Waals surface area contributed by atoms with Gasteiger partial charge in [-0.2, -0.15) is 0 Å². The van der Waals surface area contributed by atoms with Gasteiger partial charge in [0.05, 0.1) is 12.2 Å². The van der Waals surface area contributed by atoms with Crippen LogP contribution < -0.4 is 14.2 Å². The molecule has 2 rings (SSSR count). The second-order valence-electron chi connectivity index (χ2n) is 9.02. The predicted molar refractivity (Wildman–Crippen MR) is 136 cm³/mol. The van der Waals surface area contributed by atoms with E-state index >= 15 is 0 Å². The zero-order valence-corrected chi connectivity index (χ0v) is 21.3. The number of ether oxygens (including phenoxy) is 3. The largest absolute Gasteiger partial charge is 0.491 e. The fourth-order valence-corrected chi connectivity index (χ4v) is 3.51. The summed E-state index contributed by atoms with van der Waals surface area (Å²) in [6.07, 6.45) is 10.7. The molecule has 0 spiro atoms. The number of carbonyl (C=O) groups is 2. The molecule has 0 fully saturated rings. The van der Waals surface area contributed by atoms with Crippen LogP contribution in [0.2, 0.25) is 0 Å². The number of halogens is 1. The molecule has 0 saturated heterocycles. The number of unbranched alkanes of at least 4 members (excludes halogenated alkanes) is 7. The standard InChI is InChI=1S/C29H39FO5/c1-4-6-7-8-9-10-11-12-19-33-27-18-13-23(21-26(27)30)29(32)35-25-16-14-24(15-17-25)34-28(31)20-22(3)5-2/h13-18,21-22H,4-12,19-20H2,1-3H3. The third-order valence-corrected chi connectivity index (χ3v) is 5.90. The van der Waals surface area contributed by atoms with Crippen LogP contribution in [0.3, 0.4) is 0 Å². The lowest BCUT2D eigenvalue weighted by molar-refractivity contribution is -0.135. The zero-order valence-electron chi connectivity index (χ0n) is 21.3. The van der Waals surface area contributed by atoms with Crippen molar-refractivity contribution < 1.29 is 28.2 Å². The minimum Gasteiger partial charge on any atom is -0.491 e. The number of benzene rings is 2. The maximum Gasteiger partial charge on any atom is 0.343 e. The summed E-state index contributed by atoms with van der Waals surface area (Å²) in [7, 11) is 0. The van der Waals surface area contributed by atoms with Crippen molar-refractivity contribution in [2.75, 3.05) is 6.61 Å². The normalized spacial score (nSPS) is 11.7. The highest BCUT2D eigenvalue weighted by Gasteiger charge is 2.14. The third-order valence-electron chi connectivity index (χ3n) is 5.90. The first-order chi connectivity index (χ1) is 16.9. The molecule has 2 aromatic carbocycles. The summed E-state index contributed by atoms with van der Waals surface area (Å²) in [6, 6.07) is 10.2. The van der Waals surface area contributed by atoms with E-state index in [1.54, 1.807) is 12.1 Å². The van der Waals surface area contributed by atoms with E-state index in [0.29, 0.717) is 18.8 Å². The Kier molecular flexibility index (Phi) is 12.9. The first-order valence-corrected chi connectivity index (χ1v) is 12.9. The number of hydrogen-bond acceptors (Lipinski definition) is 5. The average molecular weight is 487 g/mol. The summed E-state index contributed by atoms with van der Waals surface area (Å²) in [5.41, 5.74) is 0.0889. The molecule has 192 valence electrons. The summed E-state index contributed by atoms with van der Waals surface area (Å²) >= 11 is 0. The molecule has 0 radical (unpaired) electrons. The van der Waals surface area contributed by atoms with Gasteiger partial charge in [-0.3, -0.25) is 4.79 Å². The predicted octanol–water partition coefficient (Wildman–Crippen LogP) is 7.91. The molecule has 6 heteroatoms. The Morgan fingerprint density at radius 1 is 0.829 bits per heavy atom. The highest BCUT2D eigenvalue weighted by atomic mass is 19.1. The molecule has 5 nitrogen and oxygen atoms in total. The highest BCUT2D eigenvalue weighted by molar-refractivity contribution is 5.91. The van der Waals surface area contributed by atoms with Crippen molar-refractivity contribution in [3.8, 4) is 17.2 Å². The topological polar surface area (TPSA) is 61.8 Å². The van der Waals surface area contributed by atoms with Gasteiger partial charge in [0.25, 0.3) is 0 Å². The van der Waals surface area contributed by atoms with Crippen molar-refractivity contribution in [2.24, 2.45) is 5.92 Å². The number of esters is 2. The number of carbonyl (C=O) groups excluding carboxylic acids is 2. The van der Waals surface area contributed by atoms with Crippen LogP contribution in [0.15, 0.2) is 42.5 Å². The van der Waals surface area contributed by atoms with Gasteiger partial charge in [0.2, 0.25) is 0 Å². The molecular formula is C29H39FO5. The molecule has 1 unspecified atom stereocenters. The molecule has 0 aliphatic carbocycles. The van der Waals surface area contributed by atoms with Crippen molar-refractivity contribution in [2.45, 2.75) is 85.0 Å². The highest BCUT2D eigenvalue weighted by Crippen LogP contribution is 2.22. The lowest BCUT2D eigenvalue weighted by atomic mass is 10.1. The van der Waals surface area contributed by atoms with Gasteiger partial charge in [-0.25, -0.2) is 9.18 Å². The van der Waals surface area contributed by atoms with Crippen molar-refractivity contribution in [3.63, 3.8) is 0 Å². The second kappa shape index (κ2) is 15.9. The van der Waals surface area contributed by atoms with Gasteiger partial charge in [0, 0.05) is 6.42 Å². The Labute approximate surface area is 209 Å². The van der Waals surface area contributed by atoms with Gasteiger partial charge in [-0.1, -0.05) is 72.1 Å². The zero-order chi connectivity index (χ0) is 25.5. The Bertz CT molecular complexity index is 910. The quantitative estimate of drug-likeness (QED) is 0.137. The van der Waals surface area contributed by atoms with Crippen LogP contribution in [0.25, 0.3) is 0 Å². The number of hydrogen-bond donors (Lipinski definition) is 0. The third kappa shape index (κ3) is 10.9. The van der Waals surface area contributed by atoms with Crippen LogP contribution in [0.4, 0.5) is 4.39 Å². The van der Waals surface area contributed by atoms with Crippen LogP contribution in [0.5, 0.6) is 17.2 Å². The van der Waals surface area contributed by atoms with Crippen molar-refractivity contribution in [1.82, 2.24) is 0 Å². The molecule has 0 saturated carbocycles. The molecule has 0 heterocycles. The fourth-order valence-electron chi connectivity index (χ4n) is 3.51. The molecule has 0 aliphatic rings. The molecule has 0 amide bonds. The van der Waals surface area contributed by atoms with E-state index < -0.39 is 11.8 Å². The summed E-state index contributed by atoms with van der Waals surface area (Å²) in [5, 5.41) is 0. The Morgan fingerprint density at radius 2 is 1.43 bits per heavy atom. The summed E-state index contributed by atoms with van der Waals surface area (Å²) < 4.78 is 30.6. The van der Waals surface area contributed by atoms with Gasteiger partial charge < -0.3 is 14.2 Å². The molecule has 35 heavy (non-hydrogen) atoms. The average Bonchev–Trinajstić information content (AvgIpc) is 2.84. The second-order valence-corrected chi connectivity index (χ2v) is 9.02. The van der Waals surface area contributed by atoms with Crippen molar-refractivity contribution in [1.29, 1.82) is 0 Å². The van der Waals surface area contributed by atoms with Crippen LogP contribution in [0.1, 0.15) is 95.3 Å². The maximum absolute atomic E-state index is 14.4. The minimum absolute atomic E-state index is 0.0889. The summed E-state index contributed by atoms with van der Waals surface area (Å²) in [4.78, 5) is 24.3. The molecule has 0 aliphatic heterocycles. The molecular weight excluding hydrogens is 447 g/mol. The van der Waals surface area contributed by atoms with Crippen molar-refractivity contribution >= 4 is 11.9 Å². The molecule has 0 aromatic heterocycles. The Morgan fingerprint density at radius 3 is 2.03 bits per heavy atom. The van der Waals surface area contributed by atoms with Crippen LogP contribution >= 0.6 is 0 Å². The van der Waals surface area contributed by atoms with E-state index in [1.165, 1.54) is 62.8 Å². The van der Waals surface area contributed by atoms with Crippen LogP contribution in [0, 0.1) is 11.7 Å². The van der Waals surface area contributed by atoms with E-state index in [2.05, 4.69) is 6.92 Å². The van der Waals surface area contributed by atoms with Crippen molar-refractivity contribution in [3.05, 3.63) is 53.8 Å².